The van der Waals surface area contributed by atoms with Gasteiger partial charge in [0.15, 0.2) is 5.82 Å². The summed E-state index contributed by atoms with van der Waals surface area (Å²) in [7, 11) is 0. The Labute approximate surface area is 184 Å². The van der Waals surface area contributed by atoms with E-state index in [1.807, 2.05) is 0 Å². The van der Waals surface area contributed by atoms with E-state index in [0.717, 1.165) is 11.6 Å². The molecule has 1 atom stereocenters. The SMILES string of the molecule is CC(NC(=O)Nc1cc(O/C(Cl)=C/Cl)c(Cl)cc1F)c1ncnn1-c1ncccn1. The van der Waals surface area contributed by atoms with E-state index in [9.17, 15) is 9.18 Å². The normalized spacial score (nSPS) is 12.4. The van der Waals surface area contributed by atoms with Crippen LogP contribution in [0, 0.1) is 5.82 Å². The van der Waals surface area contributed by atoms with Crippen LogP contribution < -0.4 is 15.4 Å². The van der Waals surface area contributed by atoms with Gasteiger partial charge >= 0.3 is 6.03 Å². The highest BCUT2D eigenvalue weighted by molar-refractivity contribution is 6.36. The van der Waals surface area contributed by atoms with Crippen LogP contribution >= 0.6 is 34.8 Å². The number of hydrogen-bond acceptors (Lipinski definition) is 6. The summed E-state index contributed by atoms with van der Waals surface area (Å²) in [5.41, 5.74) is 0.779. The van der Waals surface area contributed by atoms with Gasteiger partial charge in [-0.05, 0) is 30.7 Å². The van der Waals surface area contributed by atoms with Crippen LogP contribution in [-0.2, 0) is 0 Å². The van der Waals surface area contributed by atoms with Crippen LogP contribution in [0.1, 0.15) is 18.8 Å². The second-order valence-corrected chi connectivity index (χ2v) is 6.67. The maximum atomic E-state index is 14.2. The van der Waals surface area contributed by atoms with E-state index in [0.29, 0.717) is 5.82 Å². The van der Waals surface area contributed by atoms with Gasteiger partial charge in [-0.2, -0.15) is 9.78 Å². The lowest BCUT2D eigenvalue weighted by Gasteiger charge is -2.15. The summed E-state index contributed by atoms with van der Waals surface area (Å²) >= 11 is 17.0. The van der Waals surface area contributed by atoms with Gasteiger partial charge in [-0.3, -0.25) is 0 Å². The summed E-state index contributed by atoms with van der Waals surface area (Å²) in [5, 5.41) is 8.82. The van der Waals surface area contributed by atoms with Crippen molar-refractivity contribution in [3.8, 4) is 11.7 Å². The number of ether oxygens (including phenoxy) is 1. The molecular formula is C17H13Cl3FN7O2. The van der Waals surface area contributed by atoms with Gasteiger partial charge in [-0.1, -0.05) is 23.2 Å². The summed E-state index contributed by atoms with van der Waals surface area (Å²) in [6.07, 6.45) is 4.40. The van der Waals surface area contributed by atoms with Crippen molar-refractivity contribution in [1.82, 2.24) is 30.0 Å². The molecule has 3 rings (SSSR count). The number of anilines is 1. The number of benzene rings is 1. The van der Waals surface area contributed by atoms with E-state index in [1.165, 1.54) is 17.1 Å². The molecule has 9 nitrogen and oxygen atoms in total. The molecule has 2 amide bonds. The average Bonchev–Trinajstić information content (AvgIpc) is 3.22. The molecule has 0 saturated heterocycles. The molecule has 2 N–H and O–H groups in total. The Bertz CT molecular complexity index is 1080. The summed E-state index contributed by atoms with van der Waals surface area (Å²) in [6.45, 7) is 1.67. The van der Waals surface area contributed by atoms with Crippen LogP contribution in [0.2, 0.25) is 5.02 Å². The fourth-order valence-corrected chi connectivity index (χ4v) is 2.67. The number of carbonyl (C=O) groups is 1. The first-order valence-corrected chi connectivity index (χ1v) is 9.46. The van der Waals surface area contributed by atoms with Crippen molar-refractivity contribution in [2.24, 2.45) is 0 Å². The number of rotatable bonds is 6. The van der Waals surface area contributed by atoms with E-state index in [2.05, 4.69) is 30.7 Å². The summed E-state index contributed by atoms with van der Waals surface area (Å²) in [6, 6.07) is 2.47. The first kappa shape index (κ1) is 21.8. The van der Waals surface area contributed by atoms with Gasteiger partial charge in [0.25, 0.3) is 5.95 Å². The Kier molecular flexibility index (Phi) is 7.03. The Morgan fingerprint density at radius 1 is 1.30 bits per heavy atom. The number of amides is 2. The molecule has 156 valence electrons. The molecule has 0 fully saturated rings. The van der Waals surface area contributed by atoms with Gasteiger partial charge in [-0.25, -0.2) is 24.1 Å². The molecule has 0 aliphatic rings. The topological polar surface area (TPSA) is 107 Å². The van der Waals surface area contributed by atoms with Crippen molar-refractivity contribution >= 4 is 46.5 Å². The van der Waals surface area contributed by atoms with E-state index < -0.39 is 17.9 Å². The monoisotopic (exact) mass is 471 g/mol. The Morgan fingerprint density at radius 2 is 2.03 bits per heavy atom. The summed E-state index contributed by atoms with van der Waals surface area (Å²) < 4.78 is 20.7. The molecule has 13 heteroatoms. The lowest BCUT2D eigenvalue weighted by Crippen LogP contribution is -2.33. The highest BCUT2D eigenvalue weighted by atomic mass is 35.5. The molecule has 0 aliphatic heterocycles. The van der Waals surface area contributed by atoms with E-state index in [-0.39, 0.29) is 27.6 Å². The summed E-state index contributed by atoms with van der Waals surface area (Å²) in [4.78, 5) is 24.7. The standard InChI is InChI=1S/C17H13Cl3FN7O2/c1-9(15-24-8-25-28(15)16-22-3-2-4-23-16)26-17(29)27-12-6-13(30-14(20)7-18)10(19)5-11(12)21/h2-9H,1H3,(H2,26,27,29)/b14-7+. The van der Waals surface area contributed by atoms with Crippen LogP contribution in [0.25, 0.3) is 5.95 Å². The maximum absolute atomic E-state index is 14.2. The number of halogens is 4. The first-order chi connectivity index (χ1) is 14.4. The molecule has 3 aromatic rings. The third kappa shape index (κ3) is 5.15. The van der Waals surface area contributed by atoms with E-state index in [1.54, 1.807) is 25.4 Å². The zero-order valence-electron chi connectivity index (χ0n) is 15.2. The fourth-order valence-electron chi connectivity index (χ4n) is 2.35. The van der Waals surface area contributed by atoms with Crippen LogP contribution in [-0.4, -0.2) is 30.8 Å². The quantitative estimate of drug-likeness (QED) is 0.515. The second kappa shape index (κ2) is 9.70. The highest BCUT2D eigenvalue weighted by Gasteiger charge is 2.19. The molecular weight excluding hydrogens is 460 g/mol. The molecule has 1 unspecified atom stereocenters. The molecule has 0 saturated carbocycles. The lowest BCUT2D eigenvalue weighted by molar-refractivity contribution is 0.248. The molecule has 2 aromatic heterocycles. The lowest BCUT2D eigenvalue weighted by atomic mass is 10.2. The maximum Gasteiger partial charge on any atom is 0.319 e. The Balaban J connectivity index is 1.74. The zero-order chi connectivity index (χ0) is 21.7. The first-order valence-electron chi connectivity index (χ1n) is 8.26. The number of urea groups is 1. The van der Waals surface area contributed by atoms with Crippen molar-refractivity contribution in [2.75, 3.05) is 5.32 Å². The predicted molar refractivity (Wildman–Crippen MR) is 109 cm³/mol. The van der Waals surface area contributed by atoms with Crippen LogP contribution in [0.4, 0.5) is 14.9 Å². The molecule has 30 heavy (non-hydrogen) atoms. The van der Waals surface area contributed by atoms with Crippen LogP contribution in [0.5, 0.6) is 5.75 Å². The summed E-state index contributed by atoms with van der Waals surface area (Å²) in [5.74, 6) is -0.115. The third-order valence-electron chi connectivity index (χ3n) is 3.61. The van der Waals surface area contributed by atoms with Crippen molar-refractivity contribution in [1.29, 1.82) is 0 Å². The van der Waals surface area contributed by atoms with Crippen molar-refractivity contribution in [2.45, 2.75) is 13.0 Å². The molecule has 0 radical (unpaired) electrons. The minimum Gasteiger partial charge on any atom is -0.443 e. The predicted octanol–water partition coefficient (Wildman–Crippen LogP) is 4.39. The molecule has 2 heterocycles. The third-order valence-corrected chi connectivity index (χ3v) is 4.41. The van der Waals surface area contributed by atoms with Gasteiger partial charge < -0.3 is 15.4 Å². The number of hydrogen-bond donors (Lipinski definition) is 2. The largest absolute Gasteiger partial charge is 0.443 e. The highest BCUT2D eigenvalue weighted by Crippen LogP contribution is 2.32. The van der Waals surface area contributed by atoms with Gasteiger partial charge in [-0.15, -0.1) is 0 Å². The average molecular weight is 473 g/mol. The minimum absolute atomic E-state index is 0.00397. The minimum atomic E-state index is -0.776. The van der Waals surface area contributed by atoms with Gasteiger partial charge in [0.05, 0.1) is 22.3 Å². The smallest absolute Gasteiger partial charge is 0.319 e. The van der Waals surface area contributed by atoms with Gasteiger partial charge in [0.2, 0.25) is 5.22 Å². The Morgan fingerprint density at radius 3 is 2.73 bits per heavy atom. The van der Waals surface area contributed by atoms with E-state index in [4.69, 9.17) is 39.5 Å². The van der Waals surface area contributed by atoms with Gasteiger partial charge in [0, 0.05) is 18.5 Å². The van der Waals surface area contributed by atoms with Crippen molar-refractivity contribution in [3.05, 3.63) is 64.3 Å². The zero-order valence-corrected chi connectivity index (χ0v) is 17.5. The molecule has 0 bridgehead atoms. The van der Waals surface area contributed by atoms with E-state index >= 15 is 0 Å². The molecule has 0 spiro atoms. The fraction of sp³-hybridized carbons (Fsp3) is 0.118. The number of nitrogens with one attached hydrogen (secondary N) is 2. The molecule has 1 aromatic carbocycles. The number of carbonyl (C=O) groups excluding carboxylic acids is 1. The van der Waals surface area contributed by atoms with Crippen molar-refractivity contribution in [3.63, 3.8) is 0 Å². The second-order valence-electron chi connectivity index (χ2n) is 5.68. The number of aromatic nitrogens is 5. The Hall–Kier alpha value is -2.95. The van der Waals surface area contributed by atoms with Crippen LogP contribution in [0.3, 0.4) is 0 Å². The van der Waals surface area contributed by atoms with Gasteiger partial charge in [0.1, 0.15) is 17.9 Å². The molecule has 0 aliphatic carbocycles. The number of nitrogens with zero attached hydrogens (tertiary/aromatic N) is 5. The van der Waals surface area contributed by atoms with Crippen LogP contribution in [0.15, 0.2) is 47.7 Å². The van der Waals surface area contributed by atoms with Crippen molar-refractivity contribution < 1.29 is 13.9 Å².